The molecule has 1 unspecified atom stereocenters. The van der Waals surface area contributed by atoms with Crippen molar-refractivity contribution in [2.45, 2.75) is 26.7 Å². The van der Waals surface area contributed by atoms with E-state index in [1.54, 1.807) is 12.1 Å². The Morgan fingerprint density at radius 2 is 1.82 bits per heavy atom. The largest absolute Gasteiger partial charge is 0.289 e. The summed E-state index contributed by atoms with van der Waals surface area (Å²) in [7, 11) is 1.44. The van der Waals surface area contributed by atoms with Gasteiger partial charge in [-0.3, -0.25) is 4.55 Å². The summed E-state index contributed by atoms with van der Waals surface area (Å²) in [5, 5.41) is 0. The van der Waals surface area contributed by atoms with Crippen molar-refractivity contribution >= 4 is 17.2 Å². The maximum atomic E-state index is 13.1. The summed E-state index contributed by atoms with van der Waals surface area (Å²) in [6.07, 6.45) is 0. The molecule has 5 nitrogen and oxygen atoms in total. The Kier molecular flexibility index (Phi) is 4.87. The van der Waals surface area contributed by atoms with Crippen LogP contribution in [0.1, 0.15) is 31.0 Å². The standard InChI is InChI=1S/C15H18FN3O2S/c1-9(2)13-10(3)14(11-5-7-12(16)8-6-11)18-15(17-13)19(4)22(20)21/h5-9H,1-4H3,(H,20,21). The Labute approximate surface area is 131 Å². The molecule has 1 N–H and O–H groups in total. The fraction of sp³-hybridized carbons (Fsp3) is 0.333. The molecule has 118 valence electrons. The Balaban J connectivity index is 2.66. The first kappa shape index (κ1) is 16.5. The lowest BCUT2D eigenvalue weighted by atomic mass is 10.00. The van der Waals surface area contributed by atoms with E-state index < -0.39 is 11.3 Å². The van der Waals surface area contributed by atoms with Gasteiger partial charge >= 0.3 is 0 Å². The zero-order chi connectivity index (χ0) is 16.4. The first-order valence-corrected chi connectivity index (χ1v) is 7.86. The van der Waals surface area contributed by atoms with Gasteiger partial charge in [0, 0.05) is 12.6 Å². The lowest BCUT2D eigenvalue weighted by molar-refractivity contribution is 0.561. The Morgan fingerprint density at radius 1 is 1.23 bits per heavy atom. The number of halogens is 1. The van der Waals surface area contributed by atoms with Gasteiger partial charge in [0.1, 0.15) is 5.82 Å². The van der Waals surface area contributed by atoms with Crippen molar-refractivity contribution < 1.29 is 13.2 Å². The van der Waals surface area contributed by atoms with Gasteiger partial charge in [0.25, 0.3) is 11.3 Å². The molecule has 0 amide bonds. The number of anilines is 1. The van der Waals surface area contributed by atoms with Crippen molar-refractivity contribution in [2.24, 2.45) is 0 Å². The van der Waals surface area contributed by atoms with Crippen LogP contribution < -0.4 is 4.31 Å². The normalized spacial score (nSPS) is 12.5. The van der Waals surface area contributed by atoms with E-state index in [1.165, 1.54) is 19.2 Å². The third kappa shape index (κ3) is 3.31. The van der Waals surface area contributed by atoms with E-state index in [-0.39, 0.29) is 17.7 Å². The fourth-order valence-corrected chi connectivity index (χ4v) is 2.40. The van der Waals surface area contributed by atoms with Crippen molar-refractivity contribution in [2.75, 3.05) is 11.4 Å². The van der Waals surface area contributed by atoms with E-state index in [2.05, 4.69) is 9.97 Å². The summed E-state index contributed by atoms with van der Waals surface area (Å²) in [6, 6.07) is 5.99. The smallest absolute Gasteiger partial charge is 0.264 e. The summed E-state index contributed by atoms with van der Waals surface area (Å²) >= 11 is -2.21. The number of hydrogen-bond acceptors (Lipinski definition) is 3. The zero-order valence-corrected chi connectivity index (χ0v) is 13.7. The molecule has 2 rings (SSSR count). The number of hydrogen-bond donors (Lipinski definition) is 1. The van der Waals surface area contributed by atoms with Crippen LogP contribution in [0.15, 0.2) is 24.3 Å². The van der Waals surface area contributed by atoms with Crippen molar-refractivity contribution in [1.82, 2.24) is 9.97 Å². The molecule has 2 aromatic rings. The molecule has 0 aliphatic rings. The second-order valence-electron chi connectivity index (χ2n) is 5.27. The maximum absolute atomic E-state index is 13.1. The van der Waals surface area contributed by atoms with Crippen molar-refractivity contribution in [1.29, 1.82) is 0 Å². The monoisotopic (exact) mass is 323 g/mol. The van der Waals surface area contributed by atoms with Gasteiger partial charge in [-0.25, -0.2) is 22.9 Å². The first-order chi connectivity index (χ1) is 10.3. The van der Waals surface area contributed by atoms with Gasteiger partial charge < -0.3 is 0 Å². The second kappa shape index (κ2) is 6.50. The molecule has 0 fully saturated rings. The molecule has 0 aliphatic carbocycles. The van der Waals surface area contributed by atoms with Gasteiger partial charge in [0.15, 0.2) is 0 Å². The molecule has 0 spiro atoms. The molecule has 7 heteroatoms. The summed E-state index contributed by atoms with van der Waals surface area (Å²) < 4.78 is 34.7. The van der Waals surface area contributed by atoms with E-state index in [0.717, 1.165) is 21.1 Å². The Hall–Kier alpha value is -1.86. The first-order valence-electron chi connectivity index (χ1n) is 6.80. The average molecular weight is 323 g/mol. The van der Waals surface area contributed by atoms with Crippen molar-refractivity contribution in [3.05, 3.63) is 41.3 Å². The molecule has 0 aliphatic heterocycles. The molecular formula is C15H18FN3O2S. The van der Waals surface area contributed by atoms with Crippen LogP contribution in [0, 0.1) is 12.7 Å². The molecule has 1 atom stereocenters. The summed E-state index contributed by atoms with van der Waals surface area (Å²) in [4.78, 5) is 8.76. The highest BCUT2D eigenvalue weighted by Crippen LogP contribution is 2.29. The van der Waals surface area contributed by atoms with E-state index >= 15 is 0 Å². The van der Waals surface area contributed by atoms with Crippen LogP contribution in [0.2, 0.25) is 0 Å². The van der Waals surface area contributed by atoms with Crippen LogP contribution >= 0.6 is 0 Å². The molecule has 22 heavy (non-hydrogen) atoms. The van der Waals surface area contributed by atoms with Crippen molar-refractivity contribution in [3.8, 4) is 11.3 Å². The van der Waals surface area contributed by atoms with Gasteiger partial charge in [0.2, 0.25) is 5.95 Å². The highest BCUT2D eigenvalue weighted by atomic mass is 32.2. The molecule has 0 saturated heterocycles. The number of aromatic nitrogens is 2. The van der Waals surface area contributed by atoms with Crippen LogP contribution in [0.25, 0.3) is 11.3 Å². The molecule has 1 heterocycles. The SMILES string of the molecule is Cc1c(-c2ccc(F)cc2)nc(N(C)S(=O)O)nc1C(C)C. The van der Waals surface area contributed by atoms with E-state index in [1.807, 2.05) is 20.8 Å². The zero-order valence-electron chi connectivity index (χ0n) is 12.9. The Morgan fingerprint density at radius 3 is 2.32 bits per heavy atom. The van der Waals surface area contributed by atoms with E-state index in [4.69, 9.17) is 0 Å². The van der Waals surface area contributed by atoms with Gasteiger partial charge in [-0.2, -0.15) is 0 Å². The summed E-state index contributed by atoms with van der Waals surface area (Å²) in [5.41, 5.74) is 3.04. The highest BCUT2D eigenvalue weighted by molar-refractivity contribution is 7.80. The topological polar surface area (TPSA) is 66.3 Å². The van der Waals surface area contributed by atoms with Crippen LogP contribution in [0.5, 0.6) is 0 Å². The molecular weight excluding hydrogens is 305 g/mol. The van der Waals surface area contributed by atoms with Crippen LogP contribution in [-0.2, 0) is 11.3 Å². The number of rotatable bonds is 4. The van der Waals surface area contributed by atoms with Gasteiger partial charge in [-0.15, -0.1) is 0 Å². The van der Waals surface area contributed by atoms with E-state index in [0.29, 0.717) is 5.69 Å². The second-order valence-corrected chi connectivity index (χ2v) is 6.28. The quantitative estimate of drug-likeness (QED) is 0.877. The minimum absolute atomic E-state index is 0.126. The van der Waals surface area contributed by atoms with Crippen LogP contribution in [0.4, 0.5) is 10.3 Å². The van der Waals surface area contributed by atoms with Crippen molar-refractivity contribution in [3.63, 3.8) is 0 Å². The van der Waals surface area contributed by atoms with Crippen LogP contribution in [-0.4, -0.2) is 25.8 Å². The summed E-state index contributed by atoms with van der Waals surface area (Å²) in [6.45, 7) is 5.88. The molecule has 1 aromatic heterocycles. The molecule has 1 aromatic carbocycles. The molecule has 0 saturated carbocycles. The average Bonchev–Trinajstić information content (AvgIpc) is 2.47. The fourth-order valence-electron chi connectivity index (χ4n) is 2.18. The Bertz CT molecular complexity index is 705. The third-order valence-corrected chi connectivity index (χ3v) is 3.98. The van der Waals surface area contributed by atoms with Crippen LogP contribution in [0.3, 0.4) is 0 Å². The third-order valence-electron chi connectivity index (χ3n) is 3.35. The lowest BCUT2D eigenvalue weighted by Crippen LogP contribution is -2.23. The molecule has 0 bridgehead atoms. The predicted molar refractivity (Wildman–Crippen MR) is 85.4 cm³/mol. The maximum Gasteiger partial charge on any atom is 0.264 e. The van der Waals surface area contributed by atoms with Gasteiger partial charge in [-0.05, 0) is 42.7 Å². The highest BCUT2D eigenvalue weighted by Gasteiger charge is 2.18. The van der Waals surface area contributed by atoms with Gasteiger partial charge in [0.05, 0.1) is 11.4 Å². The minimum atomic E-state index is -2.21. The van der Waals surface area contributed by atoms with E-state index in [9.17, 15) is 13.2 Å². The summed E-state index contributed by atoms with van der Waals surface area (Å²) in [5.74, 6) is -0.0377. The number of nitrogens with zero attached hydrogens (tertiary/aromatic N) is 3. The van der Waals surface area contributed by atoms with Gasteiger partial charge in [-0.1, -0.05) is 13.8 Å². The minimum Gasteiger partial charge on any atom is -0.289 e. The lowest BCUT2D eigenvalue weighted by Gasteiger charge is -2.18. The molecule has 0 radical (unpaired) electrons. The predicted octanol–water partition coefficient (Wildman–Crippen LogP) is 3.29. The number of benzene rings is 1.